The van der Waals surface area contributed by atoms with E-state index in [1.165, 1.54) is 0 Å². The third-order valence-corrected chi connectivity index (χ3v) is 10.5. The molecule has 0 radical (unpaired) electrons. The van der Waals surface area contributed by atoms with Gasteiger partial charge in [0.05, 0.1) is 55.9 Å². The van der Waals surface area contributed by atoms with Gasteiger partial charge in [-0.3, -0.25) is 9.97 Å². The molecule has 11 aromatic rings. The zero-order valence-electron chi connectivity index (χ0n) is 31.8. The van der Waals surface area contributed by atoms with E-state index in [0.29, 0.717) is 0 Å². The summed E-state index contributed by atoms with van der Waals surface area (Å²) in [6, 6.07) is 52.6. The van der Waals surface area contributed by atoms with Crippen LogP contribution in [0.4, 0.5) is 0 Å². The minimum Gasteiger partial charge on any atom is -0.254 e. The lowest BCUT2D eigenvalue weighted by Crippen LogP contribution is -1.93. The summed E-state index contributed by atoms with van der Waals surface area (Å²) in [5.74, 6) is 0. The summed E-state index contributed by atoms with van der Waals surface area (Å²) in [7, 11) is 0. The molecule has 0 aliphatic carbocycles. The Labute approximate surface area is 329 Å². The highest BCUT2D eigenvalue weighted by Gasteiger charge is 2.13. The second kappa shape index (κ2) is 14.0. The van der Waals surface area contributed by atoms with Crippen LogP contribution in [-0.4, -0.2) is 29.9 Å². The Hall–Kier alpha value is -7.44. The zero-order valence-corrected chi connectivity index (χ0v) is 31.8. The maximum atomic E-state index is 5.29. The van der Waals surface area contributed by atoms with Crippen LogP contribution in [0.1, 0.15) is 19.4 Å². The standard InChI is InChI=1S/C49H30N6.C2H6/c1-29-25-38(42-21-17-33-12-10-31-8-4-24-51-45(31)47(33)54-42)28-39(26-29)43-22-18-35-14-13-34-16-20-41(53-48(34)49(35)55-43)37-6-2-5-36(27-37)40-19-15-32-11-9-30-7-3-23-50-44(30)46(32)52-40;1-2/h2-28H,1H3;1-2H3. The van der Waals surface area contributed by atoms with Crippen LogP contribution in [0, 0.1) is 6.92 Å². The van der Waals surface area contributed by atoms with Crippen LogP contribution in [-0.2, 0) is 0 Å². The second-order valence-electron chi connectivity index (χ2n) is 14.1. The lowest BCUT2D eigenvalue weighted by atomic mass is 10.00. The topological polar surface area (TPSA) is 77.3 Å². The average molecular weight is 733 g/mol. The molecule has 0 bridgehead atoms. The normalized spacial score (nSPS) is 11.4. The lowest BCUT2D eigenvalue weighted by molar-refractivity contribution is 1.34. The number of rotatable bonds is 4. The lowest BCUT2D eigenvalue weighted by Gasteiger charge is -2.11. The summed E-state index contributed by atoms with van der Waals surface area (Å²) >= 11 is 0. The fourth-order valence-electron chi connectivity index (χ4n) is 7.77. The third kappa shape index (κ3) is 6.08. The quantitative estimate of drug-likeness (QED) is 0.168. The van der Waals surface area contributed by atoms with E-state index in [4.69, 9.17) is 19.9 Å². The third-order valence-electron chi connectivity index (χ3n) is 10.5. The number of aromatic nitrogens is 6. The monoisotopic (exact) mass is 732 g/mol. The molecule has 0 fully saturated rings. The van der Waals surface area contributed by atoms with Gasteiger partial charge in [0.1, 0.15) is 0 Å². The number of fused-ring (bicyclic) bond motifs is 9. The first-order chi connectivity index (χ1) is 28.1. The van der Waals surface area contributed by atoms with Gasteiger partial charge in [-0.2, -0.15) is 0 Å². The molecular formula is C51H36N6. The molecule has 270 valence electrons. The van der Waals surface area contributed by atoms with Crippen LogP contribution in [0.2, 0.25) is 0 Å². The SMILES string of the molecule is CC.Cc1cc(-c2ccc3ccc4cccnc4c3n2)cc(-c2ccc3ccc4ccc(-c5cccc(-c6ccc7ccc8cccnc8c7n6)c5)nc4c3n2)c1. The zero-order chi connectivity index (χ0) is 38.5. The molecule has 6 heterocycles. The van der Waals surface area contributed by atoms with Crippen LogP contribution < -0.4 is 0 Å². The Morgan fingerprint density at radius 1 is 0.298 bits per heavy atom. The van der Waals surface area contributed by atoms with E-state index in [2.05, 4.69) is 156 Å². The van der Waals surface area contributed by atoms with Crippen molar-refractivity contribution in [3.05, 3.63) is 170 Å². The molecule has 11 rings (SSSR count). The van der Waals surface area contributed by atoms with E-state index in [9.17, 15) is 0 Å². The van der Waals surface area contributed by atoms with Crippen molar-refractivity contribution in [3.8, 4) is 45.0 Å². The van der Waals surface area contributed by atoms with Gasteiger partial charge in [-0.25, -0.2) is 19.9 Å². The smallest absolute Gasteiger partial charge is 0.0972 e. The molecule has 6 heteroatoms. The summed E-state index contributed by atoms with van der Waals surface area (Å²) in [5, 5.41) is 6.38. The summed E-state index contributed by atoms with van der Waals surface area (Å²) in [4.78, 5) is 30.1. The van der Waals surface area contributed by atoms with E-state index in [0.717, 1.165) is 116 Å². The molecule has 0 saturated carbocycles. The van der Waals surface area contributed by atoms with Gasteiger partial charge in [0.25, 0.3) is 0 Å². The van der Waals surface area contributed by atoms with Crippen molar-refractivity contribution in [2.75, 3.05) is 0 Å². The average Bonchev–Trinajstić information content (AvgIpc) is 3.28. The van der Waals surface area contributed by atoms with E-state index < -0.39 is 0 Å². The van der Waals surface area contributed by atoms with E-state index in [-0.39, 0.29) is 0 Å². The van der Waals surface area contributed by atoms with Gasteiger partial charge < -0.3 is 0 Å². The van der Waals surface area contributed by atoms with E-state index in [1.807, 2.05) is 38.4 Å². The van der Waals surface area contributed by atoms with Crippen LogP contribution in [0.25, 0.3) is 110 Å². The Morgan fingerprint density at radius 2 is 0.614 bits per heavy atom. The summed E-state index contributed by atoms with van der Waals surface area (Å²) in [6.45, 7) is 6.12. The molecule has 0 aliphatic rings. The molecule has 0 spiro atoms. The molecular weight excluding hydrogens is 697 g/mol. The largest absolute Gasteiger partial charge is 0.254 e. The van der Waals surface area contributed by atoms with Gasteiger partial charge in [0, 0.05) is 67.0 Å². The van der Waals surface area contributed by atoms with Gasteiger partial charge >= 0.3 is 0 Å². The van der Waals surface area contributed by atoms with Crippen molar-refractivity contribution in [1.82, 2.24) is 29.9 Å². The molecule has 0 N–H and O–H groups in total. The van der Waals surface area contributed by atoms with Crippen molar-refractivity contribution in [2.24, 2.45) is 0 Å². The highest BCUT2D eigenvalue weighted by atomic mass is 14.8. The predicted molar refractivity (Wildman–Crippen MR) is 236 cm³/mol. The predicted octanol–water partition coefficient (Wildman–Crippen LogP) is 13.0. The van der Waals surface area contributed by atoms with Gasteiger partial charge in [0.2, 0.25) is 0 Å². The van der Waals surface area contributed by atoms with Crippen molar-refractivity contribution < 1.29 is 0 Å². The number of pyridine rings is 6. The van der Waals surface area contributed by atoms with E-state index >= 15 is 0 Å². The first-order valence-electron chi connectivity index (χ1n) is 19.3. The first-order valence-corrected chi connectivity index (χ1v) is 19.3. The summed E-state index contributed by atoms with van der Waals surface area (Å²) in [6.07, 6.45) is 3.65. The van der Waals surface area contributed by atoms with Gasteiger partial charge in [-0.05, 0) is 73.2 Å². The van der Waals surface area contributed by atoms with Crippen LogP contribution in [0.15, 0.2) is 164 Å². The number of hydrogen-bond acceptors (Lipinski definition) is 6. The minimum absolute atomic E-state index is 0.868. The van der Waals surface area contributed by atoms with Crippen molar-refractivity contribution in [2.45, 2.75) is 20.8 Å². The van der Waals surface area contributed by atoms with Crippen LogP contribution in [0.5, 0.6) is 0 Å². The molecule has 0 aliphatic heterocycles. The molecule has 6 aromatic heterocycles. The molecule has 57 heavy (non-hydrogen) atoms. The Bertz CT molecular complexity index is 3350. The Kier molecular flexibility index (Phi) is 8.37. The second-order valence-corrected chi connectivity index (χ2v) is 14.1. The number of nitrogens with zero attached hydrogens (tertiary/aromatic N) is 6. The van der Waals surface area contributed by atoms with Crippen LogP contribution >= 0.6 is 0 Å². The first kappa shape index (κ1) is 34.1. The minimum atomic E-state index is 0.868. The fourth-order valence-corrected chi connectivity index (χ4v) is 7.77. The maximum absolute atomic E-state index is 5.29. The Balaban J connectivity index is 0.00000195. The molecule has 0 atom stereocenters. The molecule has 6 nitrogen and oxygen atoms in total. The fraction of sp³-hybridized carbons (Fsp3) is 0.0588. The summed E-state index contributed by atoms with van der Waals surface area (Å²) in [5.41, 5.74) is 14.2. The molecule has 0 amide bonds. The highest BCUT2D eigenvalue weighted by Crippen LogP contribution is 2.34. The number of benzene rings is 5. The van der Waals surface area contributed by atoms with Gasteiger partial charge in [-0.1, -0.05) is 105 Å². The molecule has 0 saturated heterocycles. The summed E-state index contributed by atoms with van der Waals surface area (Å²) < 4.78 is 0. The molecule has 0 unspecified atom stereocenters. The molecule has 5 aromatic carbocycles. The van der Waals surface area contributed by atoms with Crippen LogP contribution in [0.3, 0.4) is 0 Å². The number of aryl methyl sites for hydroxylation is 1. The maximum Gasteiger partial charge on any atom is 0.0972 e. The van der Waals surface area contributed by atoms with E-state index in [1.54, 1.807) is 0 Å². The van der Waals surface area contributed by atoms with Crippen molar-refractivity contribution in [3.63, 3.8) is 0 Å². The van der Waals surface area contributed by atoms with Crippen molar-refractivity contribution >= 4 is 65.4 Å². The van der Waals surface area contributed by atoms with Gasteiger partial charge in [-0.15, -0.1) is 0 Å². The van der Waals surface area contributed by atoms with Gasteiger partial charge in [0.15, 0.2) is 0 Å². The number of hydrogen-bond donors (Lipinski definition) is 0. The highest BCUT2D eigenvalue weighted by molar-refractivity contribution is 6.06. The van der Waals surface area contributed by atoms with Crippen molar-refractivity contribution in [1.29, 1.82) is 0 Å². The Morgan fingerprint density at radius 3 is 1.02 bits per heavy atom.